The monoisotopic (exact) mass is 348 g/mol. The molecule has 0 saturated carbocycles. The van der Waals surface area contributed by atoms with Crippen LogP contribution < -0.4 is 10.5 Å². The van der Waals surface area contributed by atoms with Crippen molar-refractivity contribution in [1.82, 2.24) is 0 Å². The maximum Gasteiger partial charge on any atom is 0.338 e. The molecule has 0 heterocycles. The summed E-state index contributed by atoms with van der Waals surface area (Å²) in [5.41, 5.74) is 4.67. The number of nitrogens with zero attached hydrogens (tertiary/aromatic N) is 1. The van der Waals surface area contributed by atoms with Gasteiger partial charge in [0.25, 0.3) is 5.91 Å². The molecule has 0 aliphatic heterocycles. The largest absolute Gasteiger partial charge is 0.484 e. The van der Waals surface area contributed by atoms with E-state index < -0.39 is 28.3 Å². The third kappa shape index (κ3) is 4.99. The smallest absolute Gasteiger partial charge is 0.338 e. The summed E-state index contributed by atoms with van der Waals surface area (Å²) in [6.45, 7) is -0.420. The van der Waals surface area contributed by atoms with E-state index in [1.54, 1.807) is 24.3 Å². The Labute approximate surface area is 141 Å². The third-order valence-corrected chi connectivity index (χ3v) is 3.03. The van der Waals surface area contributed by atoms with Crippen LogP contribution in [-0.2, 0) is 16.1 Å². The van der Waals surface area contributed by atoms with E-state index in [2.05, 4.69) is 0 Å². The molecule has 0 atom stereocenters. The molecule has 130 valence electrons. The van der Waals surface area contributed by atoms with Gasteiger partial charge in [0.05, 0.1) is 10.5 Å². The summed E-state index contributed by atoms with van der Waals surface area (Å²) in [6.07, 6.45) is 0. The molecule has 2 rings (SSSR count). The van der Waals surface area contributed by atoms with Crippen molar-refractivity contribution in [3.05, 3.63) is 69.5 Å². The van der Waals surface area contributed by atoms with Crippen molar-refractivity contribution < 1.29 is 28.4 Å². The van der Waals surface area contributed by atoms with Gasteiger partial charge in [-0.15, -0.1) is 0 Å². The lowest BCUT2D eigenvalue weighted by Crippen LogP contribution is -2.20. The highest BCUT2D eigenvalue weighted by Gasteiger charge is 2.17. The van der Waals surface area contributed by atoms with E-state index in [4.69, 9.17) is 15.2 Å². The molecule has 0 saturated heterocycles. The van der Waals surface area contributed by atoms with Gasteiger partial charge in [0.1, 0.15) is 12.4 Å². The second kappa shape index (κ2) is 7.86. The Kier molecular flexibility index (Phi) is 5.62. The predicted octanol–water partition coefficient (Wildman–Crippen LogP) is 1.95. The minimum absolute atomic E-state index is 0.134. The van der Waals surface area contributed by atoms with Crippen LogP contribution in [0.3, 0.4) is 0 Å². The van der Waals surface area contributed by atoms with E-state index in [-0.39, 0.29) is 18.8 Å². The summed E-state index contributed by atoms with van der Waals surface area (Å²) in [6, 6.07) is 9.17. The Morgan fingerprint density at radius 2 is 1.96 bits per heavy atom. The van der Waals surface area contributed by atoms with Crippen LogP contribution in [0, 0.1) is 15.9 Å². The van der Waals surface area contributed by atoms with Crippen molar-refractivity contribution in [2.75, 3.05) is 6.61 Å². The quantitative estimate of drug-likeness (QED) is 0.464. The Bertz CT molecular complexity index is 824. The lowest BCUT2D eigenvalue weighted by atomic mass is 10.2. The second-order valence-electron chi connectivity index (χ2n) is 4.90. The zero-order valence-corrected chi connectivity index (χ0v) is 12.8. The number of nitrogens with two attached hydrogens (primary N) is 1. The van der Waals surface area contributed by atoms with Gasteiger partial charge in [0.2, 0.25) is 5.82 Å². The first-order chi connectivity index (χ1) is 11.9. The van der Waals surface area contributed by atoms with Gasteiger partial charge >= 0.3 is 11.7 Å². The summed E-state index contributed by atoms with van der Waals surface area (Å²) in [5.74, 6) is -2.22. The molecule has 0 spiro atoms. The van der Waals surface area contributed by atoms with Gasteiger partial charge in [-0.1, -0.05) is 12.1 Å². The molecule has 2 N–H and O–H groups in total. The zero-order chi connectivity index (χ0) is 18.4. The van der Waals surface area contributed by atoms with Crippen molar-refractivity contribution in [2.45, 2.75) is 6.61 Å². The first-order valence-corrected chi connectivity index (χ1v) is 6.98. The van der Waals surface area contributed by atoms with Crippen LogP contribution in [0.2, 0.25) is 0 Å². The average Bonchev–Trinajstić information content (AvgIpc) is 2.57. The number of amides is 1. The van der Waals surface area contributed by atoms with Crippen molar-refractivity contribution in [2.24, 2.45) is 5.73 Å². The number of rotatable bonds is 7. The number of carbonyl (C=O) groups is 2. The predicted molar refractivity (Wildman–Crippen MR) is 83.3 cm³/mol. The van der Waals surface area contributed by atoms with Gasteiger partial charge < -0.3 is 15.2 Å². The van der Waals surface area contributed by atoms with Crippen molar-refractivity contribution in [1.29, 1.82) is 0 Å². The fourth-order valence-corrected chi connectivity index (χ4v) is 1.89. The van der Waals surface area contributed by atoms with E-state index in [0.29, 0.717) is 11.3 Å². The van der Waals surface area contributed by atoms with Crippen LogP contribution in [0.25, 0.3) is 0 Å². The molecule has 0 aromatic heterocycles. The van der Waals surface area contributed by atoms with Gasteiger partial charge in [0, 0.05) is 6.07 Å². The summed E-state index contributed by atoms with van der Waals surface area (Å²) >= 11 is 0. The molecule has 2 aromatic rings. The van der Waals surface area contributed by atoms with Crippen molar-refractivity contribution in [3.63, 3.8) is 0 Å². The summed E-state index contributed by atoms with van der Waals surface area (Å²) in [5, 5.41) is 10.5. The molecular formula is C16H13FN2O6. The molecule has 25 heavy (non-hydrogen) atoms. The molecule has 2 aromatic carbocycles. The topological polar surface area (TPSA) is 122 Å². The van der Waals surface area contributed by atoms with Crippen LogP contribution in [-0.4, -0.2) is 23.4 Å². The van der Waals surface area contributed by atoms with Crippen molar-refractivity contribution in [3.8, 4) is 5.75 Å². The van der Waals surface area contributed by atoms with E-state index in [0.717, 1.165) is 18.2 Å². The van der Waals surface area contributed by atoms with E-state index >= 15 is 0 Å². The van der Waals surface area contributed by atoms with Gasteiger partial charge in [-0.25, -0.2) is 4.79 Å². The standard InChI is InChI=1S/C16H13FN2O6/c17-13-7-11(4-5-14(13)19(22)23)16(21)25-8-10-2-1-3-12(6-10)24-9-15(18)20/h1-7H,8-9H2,(H2,18,20). The number of hydrogen-bond donors (Lipinski definition) is 1. The van der Waals surface area contributed by atoms with Gasteiger partial charge in [-0.2, -0.15) is 4.39 Å². The van der Waals surface area contributed by atoms with Gasteiger partial charge in [0.15, 0.2) is 6.61 Å². The molecular weight excluding hydrogens is 335 g/mol. The van der Waals surface area contributed by atoms with E-state index in [9.17, 15) is 24.1 Å². The molecule has 0 aliphatic carbocycles. The average molecular weight is 348 g/mol. The number of benzene rings is 2. The normalized spacial score (nSPS) is 10.1. The summed E-state index contributed by atoms with van der Waals surface area (Å²) in [4.78, 5) is 32.2. The van der Waals surface area contributed by atoms with Gasteiger partial charge in [-0.05, 0) is 29.8 Å². The number of nitro groups is 1. The van der Waals surface area contributed by atoms with Crippen LogP contribution in [0.5, 0.6) is 5.75 Å². The summed E-state index contributed by atoms with van der Waals surface area (Å²) < 4.78 is 23.7. The highest BCUT2D eigenvalue weighted by molar-refractivity contribution is 5.89. The molecule has 0 unspecified atom stereocenters. The lowest BCUT2D eigenvalue weighted by Gasteiger charge is -2.08. The molecule has 9 heteroatoms. The minimum atomic E-state index is -1.12. The molecule has 0 bridgehead atoms. The first kappa shape index (κ1) is 17.9. The molecule has 0 fully saturated rings. The third-order valence-electron chi connectivity index (χ3n) is 3.03. The van der Waals surface area contributed by atoms with Crippen molar-refractivity contribution >= 4 is 17.6 Å². The maximum atomic E-state index is 13.5. The van der Waals surface area contributed by atoms with E-state index in [1.165, 1.54) is 0 Å². The minimum Gasteiger partial charge on any atom is -0.484 e. The Hall–Kier alpha value is -3.49. The first-order valence-electron chi connectivity index (χ1n) is 6.98. The highest BCUT2D eigenvalue weighted by atomic mass is 19.1. The molecule has 8 nitrogen and oxygen atoms in total. The number of nitro benzene ring substituents is 1. The Morgan fingerprint density at radius 3 is 2.60 bits per heavy atom. The van der Waals surface area contributed by atoms with E-state index in [1.807, 2.05) is 0 Å². The summed E-state index contributed by atoms with van der Waals surface area (Å²) in [7, 11) is 0. The SMILES string of the molecule is NC(=O)COc1cccc(COC(=O)c2ccc([N+](=O)[O-])c(F)c2)c1. The zero-order valence-electron chi connectivity index (χ0n) is 12.8. The van der Waals surface area contributed by atoms with Crippen LogP contribution in [0.1, 0.15) is 15.9 Å². The number of primary amides is 1. The Morgan fingerprint density at radius 1 is 1.20 bits per heavy atom. The molecule has 1 amide bonds. The number of ether oxygens (including phenoxy) is 2. The number of carbonyl (C=O) groups excluding carboxylic acids is 2. The fourth-order valence-electron chi connectivity index (χ4n) is 1.89. The Balaban J connectivity index is 2.00. The fraction of sp³-hybridized carbons (Fsp3) is 0.125. The molecule has 0 radical (unpaired) electrons. The van der Waals surface area contributed by atoms with Crippen LogP contribution >= 0.6 is 0 Å². The number of hydrogen-bond acceptors (Lipinski definition) is 6. The molecule has 0 aliphatic rings. The number of esters is 1. The maximum absolute atomic E-state index is 13.5. The number of halogens is 1. The lowest BCUT2D eigenvalue weighted by molar-refractivity contribution is -0.387. The second-order valence-corrected chi connectivity index (χ2v) is 4.90. The highest BCUT2D eigenvalue weighted by Crippen LogP contribution is 2.19. The van der Waals surface area contributed by atoms with Gasteiger partial charge in [-0.3, -0.25) is 14.9 Å². The van der Waals surface area contributed by atoms with Crippen LogP contribution in [0.15, 0.2) is 42.5 Å². The van der Waals surface area contributed by atoms with Crippen LogP contribution in [0.4, 0.5) is 10.1 Å².